The van der Waals surface area contributed by atoms with E-state index >= 15 is 0 Å². The Kier molecular flexibility index (Phi) is 3.84. The number of fused-ring (bicyclic) bond motifs is 2. The summed E-state index contributed by atoms with van der Waals surface area (Å²) in [5.74, 6) is 2.58. The van der Waals surface area contributed by atoms with Gasteiger partial charge in [-0.15, -0.1) is 0 Å². The highest BCUT2D eigenvalue weighted by Gasteiger charge is 2.19. The van der Waals surface area contributed by atoms with E-state index in [1.54, 1.807) is 30.9 Å². The monoisotopic (exact) mass is 355 g/mol. The second-order valence-corrected chi connectivity index (χ2v) is 5.44. The smallest absolute Gasteiger partial charge is 0.319 e. The zero-order valence-corrected chi connectivity index (χ0v) is 14.2. The van der Waals surface area contributed by atoms with Gasteiger partial charge in [0.15, 0.2) is 17.1 Å². The number of carbonyl (C=O) groups excluding carboxylic acids is 1. The largest absolute Gasteiger partial charge is 0.454 e. The van der Waals surface area contributed by atoms with Crippen LogP contribution >= 0.6 is 0 Å². The van der Waals surface area contributed by atoms with Crippen molar-refractivity contribution in [2.24, 2.45) is 0 Å². The van der Waals surface area contributed by atoms with Gasteiger partial charge in [0.25, 0.3) is 0 Å². The van der Waals surface area contributed by atoms with Crippen LogP contribution in [0.3, 0.4) is 0 Å². The van der Waals surface area contributed by atoms with E-state index < -0.39 is 0 Å². The van der Waals surface area contributed by atoms with Crippen LogP contribution in [-0.4, -0.2) is 41.5 Å². The Morgan fingerprint density at radius 3 is 2.92 bits per heavy atom. The van der Waals surface area contributed by atoms with E-state index in [4.69, 9.17) is 9.47 Å². The average molecular weight is 355 g/mol. The van der Waals surface area contributed by atoms with E-state index in [-0.39, 0.29) is 12.8 Å². The maximum atomic E-state index is 11.6. The molecule has 134 valence electrons. The van der Waals surface area contributed by atoms with Crippen molar-refractivity contribution < 1.29 is 14.3 Å². The Morgan fingerprint density at radius 1 is 1.23 bits per heavy atom. The number of amides is 2. The number of urea groups is 1. The van der Waals surface area contributed by atoms with Gasteiger partial charge in [0.1, 0.15) is 17.3 Å². The van der Waals surface area contributed by atoms with Crippen LogP contribution in [0.1, 0.15) is 0 Å². The van der Waals surface area contributed by atoms with E-state index in [1.807, 2.05) is 18.2 Å². The van der Waals surface area contributed by atoms with Crippen molar-refractivity contribution in [1.29, 1.82) is 0 Å². The number of hydrogen-bond acceptors (Lipinski definition) is 7. The predicted molar refractivity (Wildman–Crippen MR) is 96.5 cm³/mol. The molecule has 0 unspecified atom stereocenters. The molecule has 10 heteroatoms. The highest BCUT2D eigenvalue weighted by molar-refractivity contribution is 5.93. The maximum absolute atomic E-state index is 11.6. The van der Waals surface area contributed by atoms with Crippen LogP contribution < -0.4 is 30.7 Å². The molecule has 0 aliphatic carbocycles. The molecule has 3 heterocycles. The molecule has 0 spiro atoms. The van der Waals surface area contributed by atoms with Crippen molar-refractivity contribution in [3.63, 3.8) is 0 Å². The van der Waals surface area contributed by atoms with E-state index in [1.165, 1.54) is 0 Å². The summed E-state index contributed by atoms with van der Waals surface area (Å²) in [5.41, 5.74) is 1.72. The normalized spacial score (nSPS) is 12.1. The molecule has 0 bridgehead atoms. The van der Waals surface area contributed by atoms with Gasteiger partial charge in [-0.1, -0.05) is 6.07 Å². The number of aromatic nitrogens is 3. The molecular weight excluding hydrogens is 338 g/mol. The number of rotatable bonds is 4. The van der Waals surface area contributed by atoms with Gasteiger partial charge in [0, 0.05) is 20.2 Å². The van der Waals surface area contributed by atoms with Crippen LogP contribution in [0.25, 0.3) is 5.65 Å². The highest BCUT2D eigenvalue weighted by Crippen LogP contribution is 2.40. The standard InChI is InChI=1S/C16H17N7O3/c1-17-13-6-12(20-9-4-3-5-11-14(9)26-8-25-11)22-15-10(7-19-23(13)15)21-16(24)18-2/h3-7,17H,8H2,1-2H3,(H,20,22)(H2,18,21,24). The zero-order valence-electron chi connectivity index (χ0n) is 14.2. The Hall–Kier alpha value is -3.69. The SMILES string of the molecule is CNC(=O)Nc1cnn2c(NC)cc(Nc3cccc4c3OCO4)nc12. The molecule has 1 aliphatic rings. The van der Waals surface area contributed by atoms with Crippen LogP contribution in [0, 0.1) is 0 Å². The summed E-state index contributed by atoms with van der Waals surface area (Å²) < 4.78 is 12.5. The molecule has 26 heavy (non-hydrogen) atoms. The van der Waals surface area contributed by atoms with Gasteiger partial charge in [-0.25, -0.2) is 9.78 Å². The van der Waals surface area contributed by atoms with E-state index in [0.29, 0.717) is 34.5 Å². The predicted octanol–water partition coefficient (Wildman–Crippen LogP) is 1.99. The van der Waals surface area contributed by atoms with E-state index in [9.17, 15) is 4.79 Å². The summed E-state index contributed by atoms with van der Waals surface area (Å²) in [6.45, 7) is 0.186. The van der Waals surface area contributed by atoms with Gasteiger partial charge in [0.05, 0.1) is 11.9 Å². The minimum Gasteiger partial charge on any atom is -0.454 e. The first-order valence-corrected chi connectivity index (χ1v) is 7.90. The maximum Gasteiger partial charge on any atom is 0.319 e. The molecule has 2 aromatic heterocycles. The minimum atomic E-state index is -0.350. The first-order chi connectivity index (χ1) is 12.7. The van der Waals surface area contributed by atoms with Crippen molar-refractivity contribution in [3.8, 4) is 11.5 Å². The lowest BCUT2D eigenvalue weighted by Crippen LogP contribution is -2.24. The van der Waals surface area contributed by atoms with Gasteiger partial charge in [-0.05, 0) is 12.1 Å². The summed E-state index contributed by atoms with van der Waals surface area (Å²) >= 11 is 0. The van der Waals surface area contributed by atoms with Crippen LogP contribution in [0.4, 0.5) is 27.8 Å². The number of nitrogens with one attached hydrogen (secondary N) is 4. The second-order valence-electron chi connectivity index (χ2n) is 5.44. The van der Waals surface area contributed by atoms with Crippen LogP contribution in [0.5, 0.6) is 11.5 Å². The summed E-state index contributed by atoms with van der Waals surface area (Å²) in [7, 11) is 3.32. The molecule has 2 amide bonds. The molecule has 3 aromatic rings. The summed E-state index contributed by atoms with van der Waals surface area (Å²) in [6.07, 6.45) is 1.54. The van der Waals surface area contributed by atoms with Crippen molar-refractivity contribution >= 4 is 34.7 Å². The van der Waals surface area contributed by atoms with Crippen molar-refractivity contribution in [3.05, 3.63) is 30.5 Å². The summed E-state index contributed by atoms with van der Waals surface area (Å²) in [6, 6.07) is 7.03. The molecule has 0 fully saturated rings. The van der Waals surface area contributed by atoms with E-state index in [2.05, 4.69) is 31.3 Å². The number of ether oxygens (including phenoxy) is 2. The van der Waals surface area contributed by atoms with Crippen molar-refractivity contribution in [2.75, 3.05) is 36.8 Å². The van der Waals surface area contributed by atoms with E-state index in [0.717, 1.165) is 5.69 Å². The lowest BCUT2D eigenvalue weighted by Gasteiger charge is -2.11. The zero-order chi connectivity index (χ0) is 18.1. The summed E-state index contributed by atoms with van der Waals surface area (Å²) in [5, 5.41) is 15.8. The van der Waals surface area contributed by atoms with Gasteiger partial charge in [-0.2, -0.15) is 9.61 Å². The molecule has 0 radical (unpaired) electrons. The lowest BCUT2D eigenvalue weighted by atomic mass is 10.2. The first-order valence-electron chi connectivity index (χ1n) is 7.90. The van der Waals surface area contributed by atoms with Crippen molar-refractivity contribution in [1.82, 2.24) is 19.9 Å². The van der Waals surface area contributed by atoms with Gasteiger partial charge >= 0.3 is 6.03 Å². The Labute approximate surface area is 148 Å². The Bertz CT molecular complexity index is 985. The topological polar surface area (TPSA) is 114 Å². The number of anilines is 4. The quantitative estimate of drug-likeness (QED) is 0.566. The Morgan fingerprint density at radius 2 is 2.12 bits per heavy atom. The lowest BCUT2D eigenvalue weighted by molar-refractivity contribution is 0.174. The first kappa shape index (κ1) is 15.8. The number of para-hydroxylation sites is 1. The number of carbonyl (C=O) groups is 1. The number of nitrogens with zero attached hydrogens (tertiary/aromatic N) is 3. The molecule has 1 aliphatic heterocycles. The Balaban J connectivity index is 1.74. The summed E-state index contributed by atoms with van der Waals surface area (Å²) in [4.78, 5) is 16.2. The molecular formula is C16H17N7O3. The average Bonchev–Trinajstić information content (AvgIpc) is 3.29. The van der Waals surface area contributed by atoms with Crippen LogP contribution in [0.15, 0.2) is 30.5 Å². The third-order valence-corrected chi connectivity index (χ3v) is 3.86. The second kappa shape index (κ2) is 6.31. The van der Waals surface area contributed by atoms with Gasteiger partial charge < -0.3 is 30.7 Å². The number of benzene rings is 1. The molecule has 0 atom stereocenters. The molecule has 4 N–H and O–H groups in total. The van der Waals surface area contributed by atoms with Gasteiger partial charge in [-0.3, -0.25) is 0 Å². The third-order valence-electron chi connectivity index (χ3n) is 3.86. The number of hydrogen-bond donors (Lipinski definition) is 4. The molecule has 4 rings (SSSR count). The third kappa shape index (κ3) is 2.66. The fraction of sp³-hybridized carbons (Fsp3) is 0.188. The van der Waals surface area contributed by atoms with Crippen LogP contribution in [0.2, 0.25) is 0 Å². The molecule has 0 saturated carbocycles. The minimum absolute atomic E-state index is 0.186. The molecule has 0 saturated heterocycles. The fourth-order valence-corrected chi connectivity index (χ4v) is 2.64. The molecule has 1 aromatic carbocycles. The molecule has 10 nitrogen and oxygen atoms in total. The van der Waals surface area contributed by atoms with Crippen LogP contribution in [-0.2, 0) is 0 Å². The van der Waals surface area contributed by atoms with Crippen molar-refractivity contribution in [2.45, 2.75) is 0 Å². The van der Waals surface area contributed by atoms with Gasteiger partial charge in [0.2, 0.25) is 6.79 Å². The highest BCUT2D eigenvalue weighted by atomic mass is 16.7. The fourth-order valence-electron chi connectivity index (χ4n) is 2.64.